The molecule has 0 spiro atoms. The zero-order chi connectivity index (χ0) is 22.9. The number of amides is 1. The fourth-order valence-electron chi connectivity index (χ4n) is 2.94. The summed E-state index contributed by atoms with van der Waals surface area (Å²) >= 11 is 0. The molecule has 0 aliphatic rings. The number of hydrogen-bond donors (Lipinski definition) is 2. The second-order valence-electron chi connectivity index (χ2n) is 6.23. The number of nitrogens with zero attached hydrogens (tertiary/aromatic N) is 1. The number of aromatic amines is 1. The van der Waals surface area contributed by atoms with Crippen molar-refractivity contribution in [1.82, 2.24) is 9.55 Å². The molecule has 1 heterocycles. The van der Waals surface area contributed by atoms with Gasteiger partial charge in [0.25, 0.3) is 0 Å². The molecule has 0 saturated heterocycles. The van der Waals surface area contributed by atoms with Gasteiger partial charge in [0.1, 0.15) is 5.78 Å². The van der Waals surface area contributed by atoms with Gasteiger partial charge >= 0.3 is 24.9 Å². The molecule has 0 radical (unpaired) electrons. The van der Waals surface area contributed by atoms with Crippen LogP contribution >= 0.6 is 7.60 Å². The van der Waals surface area contributed by atoms with Crippen molar-refractivity contribution in [3.63, 3.8) is 0 Å². The highest BCUT2D eigenvalue weighted by Crippen LogP contribution is 2.58. The Morgan fingerprint density at radius 1 is 1.23 bits per heavy atom. The number of H-pyrrole nitrogens is 1. The van der Waals surface area contributed by atoms with E-state index in [0.29, 0.717) is 6.07 Å². The van der Waals surface area contributed by atoms with Crippen LogP contribution in [0.5, 0.6) is 0 Å². The maximum atomic E-state index is 13.5. The van der Waals surface area contributed by atoms with Gasteiger partial charge in [-0.2, -0.15) is 13.2 Å². The second kappa shape index (κ2) is 8.75. The lowest BCUT2D eigenvalue weighted by molar-refractivity contribution is -0.136. The summed E-state index contributed by atoms with van der Waals surface area (Å²) in [6.45, 7) is 5.33. The maximum Gasteiger partial charge on any atom is 0.418 e. The van der Waals surface area contributed by atoms with Crippen molar-refractivity contribution in [3.05, 3.63) is 38.4 Å². The van der Waals surface area contributed by atoms with Crippen LogP contribution in [0, 0.1) is 0 Å². The minimum atomic E-state index is -4.86. The van der Waals surface area contributed by atoms with Crippen molar-refractivity contribution >= 4 is 30.2 Å². The van der Waals surface area contributed by atoms with Gasteiger partial charge in [0.05, 0.1) is 35.5 Å². The number of halogens is 3. The number of carbonyl (C=O) groups is 1. The molecule has 2 N–H and O–H groups in total. The van der Waals surface area contributed by atoms with Crippen molar-refractivity contribution < 1.29 is 31.6 Å². The summed E-state index contributed by atoms with van der Waals surface area (Å²) in [5.74, 6) is -2.11. The van der Waals surface area contributed by atoms with Gasteiger partial charge in [-0.1, -0.05) is 0 Å². The van der Waals surface area contributed by atoms with Gasteiger partial charge in [0.15, 0.2) is 0 Å². The van der Waals surface area contributed by atoms with Crippen molar-refractivity contribution in [1.29, 1.82) is 0 Å². The number of benzene rings is 1. The minimum Gasteiger partial charge on any atom is -0.326 e. The summed E-state index contributed by atoms with van der Waals surface area (Å²) < 4.78 is 64.7. The van der Waals surface area contributed by atoms with E-state index in [9.17, 15) is 32.1 Å². The van der Waals surface area contributed by atoms with Gasteiger partial charge in [-0.3, -0.25) is 23.5 Å². The normalized spacial score (nSPS) is 13.4. The van der Waals surface area contributed by atoms with Gasteiger partial charge in [-0.15, -0.1) is 0 Å². The van der Waals surface area contributed by atoms with Crippen molar-refractivity contribution in [2.45, 2.75) is 39.7 Å². The zero-order valence-electron chi connectivity index (χ0n) is 16.6. The van der Waals surface area contributed by atoms with E-state index in [0.717, 1.165) is 17.6 Å². The Bertz CT molecular complexity index is 1110. The summed E-state index contributed by atoms with van der Waals surface area (Å²) in [6, 6.07) is 1.48. The molecule has 1 amide bonds. The first kappa shape index (κ1) is 23.8. The van der Waals surface area contributed by atoms with Crippen LogP contribution in [0.4, 0.5) is 18.9 Å². The van der Waals surface area contributed by atoms with Gasteiger partial charge in [0, 0.05) is 6.92 Å². The number of nitrogens with one attached hydrogen (secondary N) is 2. The molecule has 0 aliphatic carbocycles. The Kier molecular flexibility index (Phi) is 6.95. The first-order valence-corrected chi connectivity index (χ1v) is 10.5. The monoisotopic (exact) mass is 451 g/mol. The molecule has 0 saturated carbocycles. The Morgan fingerprint density at radius 3 is 2.27 bits per heavy atom. The molecule has 2 aromatic rings. The molecule has 1 atom stereocenters. The van der Waals surface area contributed by atoms with Gasteiger partial charge in [-0.05, 0) is 32.9 Å². The fourth-order valence-corrected chi connectivity index (χ4v) is 4.67. The number of hydrogen-bond acceptors (Lipinski definition) is 6. The van der Waals surface area contributed by atoms with E-state index in [2.05, 4.69) is 10.3 Å². The number of rotatable bonds is 7. The number of anilines is 1. The smallest absolute Gasteiger partial charge is 0.326 e. The van der Waals surface area contributed by atoms with E-state index in [1.807, 2.05) is 0 Å². The Morgan fingerprint density at radius 2 is 1.80 bits per heavy atom. The van der Waals surface area contributed by atoms with Crippen LogP contribution in [0.15, 0.2) is 21.7 Å². The SMILES string of the molecule is CCOP(=O)(OCC)C(C)n1c(=O)c(=O)[nH]c2cc(C(F)(F)F)c(NC(C)=O)cc21. The third-order valence-corrected chi connectivity index (χ3v) is 6.50. The molecule has 1 unspecified atom stereocenters. The van der Waals surface area contributed by atoms with Crippen LogP contribution in [-0.4, -0.2) is 28.7 Å². The van der Waals surface area contributed by atoms with E-state index in [-0.39, 0.29) is 24.2 Å². The molecule has 1 aromatic heterocycles. The molecule has 13 heteroatoms. The molecule has 166 valence electrons. The quantitative estimate of drug-likeness (QED) is 0.492. The lowest BCUT2D eigenvalue weighted by Crippen LogP contribution is -2.38. The van der Waals surface area contributed by atoms with E-state index in [1.54, 1.807) is 13.8 Å². The number of carbonyl (C=O) groups excluding carboxylic acids is 1. The number of alkyl halides is 3. The maximum absolute atomic E-state index is 13.5. The predicted octanol–water partition coefficient (Wildman–Crippen LogP) is 3.45. The molecule has 0 fully saturated rings. The first-order chi connectivity index (χ1) is 13.9. The molecule has 1 aromatic carbocycles. The zero-order valence-corrected chi connectivity index (χ0v) is 17.5. The third-order valence-electron chi connectivity index (χ3n) is 4.12. The minimum absolute atomic E-state index is 0.0349. The van der Waals surface area contributed by atoms with E-state index < -0.39 is 47.8 Å². The summed E-state index contributed by atoms with van der Waals surface area (Å²) in [5.41, 5.74) is -4.76. The van der Waals surface area contributed by atoms with Crippen molar-refractivity contribution in [2.24, 2.45) is 0 Å². The topological polar surface area (TPSA) is 119 Å². The third kappa shape index (κ3) is 4.66. The summed E-state index contributed by atoms with van der Waals surface area (Å²) in [6.07, 6.45) is -4.86. The highest BCUT2D eigenvalue weighted by molar-refractivity contribution is 7.53. The molecule has 0 bridgehead atoms. The molecule has 2 rings (SSSR count). The average molecular weight is 451 g/mol. The van der Waals surface area contributed by atoms with Crippen LogP contribution in [-0.2, 0) is 24.6 Å². The lowest BCUT2D eigenvalue weighted by atomic mass is 10.1. The van der Waals surface area contributed by atoms with Gasteiger partial charge in [0.2, 0.25) is 5.91 Å². The fraction of sp³-hybridized carbons (Fsp3) is 0.471. The molecular weight excluding hydrogens is 430 g/mol. The summed E-state index contributed by atoms with van der Waals surface area (Å²) in [7, 11) is -3.97. The summed E-state index contributed by atoms with van der Waals surface area (Å²) in [5, 5.41) is 2.06. The lowest BCUT2D eigenvalue weighted by Gasteiger charge is -2.26. The van der Waals surface area contributed by atoms with E-state index >= 15 is 0 Å². The molecule has 30 heavy (non-hydrogen) atoms. The van der Waals surface area contributed by atoms with E-state index in [4.69, 9.17) is 9.05 Å². The van der Waals surface area contributed by atoms with Gasteiger partial charge < -0.3 is 19.3 Å². The number of fused-ring (bicyclic) bond motifs is 1. The number of aromatic nitrogens is 2. The van der Waals surface area contributed by atoms with Crippen LogP contribution in [0.3, 0.4) is 0 Å². The van der Waals surface area contributed by atoms with Crippen LogP contribution in [0.25, 0.3) is 11.0 Å². The van der Waals surface area contributed by atoms with Gasteiger partial charge in [-0.25, -0.2) is 0 Å². The molecule has 9 nitrogen and oxygen atoms in total. The van der Waals surface area contributed by atoms with E-state index in [1.165, 1.54) is 6.92 Å². The highest BCUT2D eigenvalue weighted by Gasteiger charge is 2.38. The molecular formula is C17H21F3N3O6P. The van der Waals surface area contributed by atoms with Crippen LogP contribution < -0.4 is 16.4 Å². The Labute approximate surface area is 168 Å². The Hall–Kier alpha value is -2.43. The van der Waals surface area contributed by atoms with Crippen molar-refractivity contribution in [2.75, 3.05) is 18.5 Å². The van der Waals surface area contributed by atoms with Crippen LogP contribution in [0.2, 0.25) is 0 Å². The standard InChI is InChI=1S/C17H21F3N3O6P/c1-5-28-30(27,29-6-2)10(4)23-14-8-12(21-9(3)24)11(17(18,19)20)7-13(14)22-15(25)16(23)26/h7-8,10H,5-6H2,1-4H3,(H,21,24)(H,22,25). The average Bonchev–Trinajstić information content (AvgIpc) is 2.61. The second-order valence-corrected chi connectivity index (χ2v) is 8.57. The highest BCUT2D eigenvalue weighted by atomic mass is 31.2. The Balaban J connectivity index is 2.92. The predicted molar refractivity (Wildman–Crippen MR) is 104 cm³/mol. The largest absolute Gasteiger partial charge is 0.418 e. The first-order valence-electron chi connectivity index (χ1n) is 8.91. The van der Waals surface area contributed by atoms with Crippen LogP contribution in [0.1, 0.15) is 39.0 Å². The molecule has 0 aliphatic heterocycles. The van der Waals surface area contributed by atoms with Crippen molar-refractivity contribution in [3.8, 4) is 0 Å². The summed E-state index contributed by atoms with van der Waals surface area (Å²) in [4.78, 5) is 38.2.